The zero-order chi connectivity index (χ0) is 83.1. The molecule has 21 aromatic carbocycles. The number of anilines is 12. The highest BCUT2D eigenvalue weighted by molar-refractivity contribution is 7.27. The number of hydrogen-bond acceptors (Lipinski definition) is 8. The molecule has 0 aliphatic carbocycles. The van der Waals surface area contributed by atoms with Gasteiger partial charge in [-0.05, 0) is 224 Å². The zero-order valence-electron chi connectivity index (χ0n) is 68.3. The minimum Gasteiger partial charge on any atom is -0.456 e. The smallest absolute Gasteiger partial charge is 0.159 e. The van der Waals surface area contributed by atoms with Gasteiger partial charge in [-0.3, -0.25) is 0 Å². The van der Waals surface area contributed by atoms with Crippen molar-refractivity contribution in [2.24, 2.45) is 0 Å². The Balaban J connectivity index is 0.000000142. The molecule has 8 heteroatoms. The highest BCUT2D eigenvalue weighted by Crippen LogP contribution is 2.52. The Kier molecular flexibility index (Phi) is 18.2. The first-order valence-electron chi connectivity index (χ1n) is 42.7. The molecule has 0 spiro atoms. The fraction of sp³-hybridized carbons (Fsp3) is 0. The summed E-state index contributed by atoms with van der Waals surface area (Å²) in [5.74, 6) is 0. The van der Waals surface area contributed by atoms with E-state index in [1.165, 1.54) is 117 Å². The summed E-state index contributed by atoms with van der Waals surface area (Å²) in [6, 6.07) is 166. The lowest BCUT2D eigenvalue weighted by molar-refractivity contribution is 0.668. The summed E-state index contributed by atoms with van der Waals surface area (Å²) < 4.78 is 17.9. The molecule has 592 valence electrons. The maximum absolute atomic E-state index is 6.54. The SMILES string of the molecule is c1ccc(-c2ccccc2N(c2ccccc2)c2ccc(-c3ccc4c(c3)c3ccccc3c3c5ccc(N(c6ccccc6)c6ccc7oc8ccccc8c7c6)cc5sc43)cc2)cc1.c1ccc(N(c2ccccc2)c2ccc3c(c2)sc2c4ccc(-c5ccc(N(c6ccccc6)c6cccc7c6oc6ccccc67)cc5)cc4c4ccccc4c32)cc1. The number of para-hydroxylation sites is 9. The van der Waals surface area contributed by atoms with Gasteiger partial charge in [-0.25, -0.2) is 0 Å². The van der Waals surface area contributed by atoms with Crippen LogP contribution in [-0.4, -0.2) is 0 Å². The fourth-order valence-electron chi connectivity index (χ4n) is 19.1. The van der Waals surface area contributed by atoms with Crippen LogP contribution in [0.4, 0.5) is 68.2 Å². The van der Waals surface area contributed by atoms with Gasteiger partial charge in [0.05, 0.1) is 11.4 Å². The van der Waals surface area contributed by atoms with Crippen molar-refractivity contribution in [2.45, 2.75) is 0 Å². The highest BCUT2D eigenvalue weighted by Gasteiger charge is 2.26. The normalized spacial score (nSPS) is 11.7. The summed E-state index contributed by atoms with van der Waals surface area (Å²) in [7, 11) is 0. The van der Waals surface area contributed by atoms with Gasteiger partial charge in [-0.1, -0.05) is 297 Å². The Bertz CT molecular complexity index is 8430. The molecule has 25 rings (SSSR count). The second-order valence-electron chi connectivity index (χ2n) is 32.1. The highest BCUT2D eigenvalue weighted by atomic mass is 32.1. The number of thiophene rings is 2. The molecule has 0 aliphatic rings. The minimum atomic E-state index is 0.876. The standard InChI is InChI=1S/C62H40N2OS.C56H36N2OS/c1-4-16-42(17-5-1)49-22-12-14-26-57(49)64(45-20-8-3-9-21-45)46-31-28-41(29-32-46)43-30-35-53-55(38-43)50-23-10-11-25-52(50)61-54-36-33-48(40-60(54)66-62(53)61)63(44-18-6-2-7-19-44)47-34-37-59-56(39-47)51-24-13-15-27-58(51)65-59;1-4-15-39(16-5-1)57(40-17-6-2-7-18-40)43-32-34-49-53(36-43)60-56-48-33-29-38(35-50(48)44-21-10-11-23-46(44)54(49)56)37-27-30-42(31-28-37)58(41-19-8-3-9-20-41)51-25-14-24-47-45-22-12-13-26-52(45)59-55(47)51/h1-40H;1-36H. The van der Waals surface area contributed by atoms with Crippen molar-refractivity contribution < 1.29 is 8.83 Å². The lowest BCUT2D eigenvalue weighted by Gasteiger charge is -2.28. The molecule has 25 aromatic rings. The van der Waals surface area contributed by atoms with E-state index in [1.807, 2.05) is 46.9 Å². The Morgan fingerprint density at radius 2 is 0.500 bits per heavy atom. The number of hydrogen-bond donors (Lipinski definition) is 0. The van der Waals surface area contributed by atoms with Crippen molar-refractivity contribution in [1.82, 2.24) is 0 Å². The van der Waals surface area contributed by atoms with Gasteiger partial charge in [-0.15, -0.1) is 22.7 Å². The molecule has 0 radical (unpaired) electrons. The molecule has 0 aliphatic heterocycles. The Labute approximate surface area is 735 Å². The molecule has 0 amide bonds. The van der Waals surface area contributed by atoms with E-state index in [0.717, 1.165) is 112 Å². The van der Waals surface area contributed by atoms with Gasteiger partial charge >= 0.3 is 0 Å². The van der Waals surface area contributed by atoms with Crippen LogP contribution >= 0.6 is 22.7 Å². The number of fused-ring (bicyclic) bond motifs is 22. The summed E-state index contributed by atoms with van der Waals surface area (Å²) in [5.41, 5.74) is 23.9. The van der Waals surface area contributed by atoms with Crippen molar-refractivity contribution in [1.29, 1.82) is 0 Å². The first kappa shape index (κ1) is 73.8. The molecular weight excluding hydrogens is 1570 g/mol. The third kappa shape index (κ3) is 12.8. The zero-order valence-corrected chi connectivity index (χ0v) is 69.9. The molecule has 0 N–H and O–H groups in total. The van der Waals surface area contributed by atoms with E-state index >= 15 is 0 Å². The van der Waals surface area contributed by atoms with Crippen molar-refractivity contribution in [3.63, 3.8) is 0 Å². The van der Waals surface area contributed by atoms with Gasteiger partial charge in [0.2, 0.25) is 0 Å². The van der Waals surface area contributed by atoms with Gasteiger partial charge in [-0.2, -0.15) is 0 Å². The molecule has 0 unspecified atom stereocenters. The summed E-state index contributed by atoms with van der Waals surface area (Å²) >= 11 is 3.78. The van der Waals surface area contributed by atoms with E-state index in [1.54, 1.807) is 0 Å². The summed E-state index contributed by atoms with van der Waals surface area (Å²) in [4.78, 5) is 9.36. The predicted octanol–water partition coefficient (Wildman–Crippen LogP) is 35.4. The lowest BCUT2D eigenvalue weighted by Crippen LogP contribution is -2.11. The number of nitrogens with zero attached hydrogens (tertiary/aromatic N) is 4. The quantitative estimate of drug-likeness (QED) is 0.0953. The molecule has 6 nitrogen and oxygen atoms in total. The fourth-order valence-corrected chi connectivity index (χ4v) is 21.6. The van der Waals surface area contributed by atoms with Gasteiger partial charge in [0.1, 0.15) is 16.7 Å². The van der Waals surface area contributed by atoms with Crippen molar-refractivity contribution in [3.05, 3.63) is 461 Å². The molecule has 0 fully saturated rings. The van der Waals surface area contributed by atoms with E-state index in [-0.39, 0.29) is 0 Å². The van der Waals surface area contributed by atoms with Crippen LogP contribution in [0.25, 0.3) is 161 Å². The topological polar surface area (TPSA) is 39.2 Å². The van der Waals surface area contributed by atoms with Gasteiger partial charge < -0.3 is 28.4 Å². The van der Waals surface area contributed by atoms with E-state index in [0.29, 0.717) is 0 Å². The maximum atomic E-state index is 6.54. The van der Waals surface area contributed by atoms with Gasteiger partial charge in [0, 0.05) is 135 Å². The Morgan fingerprint density at radius 3 is 1.00 bits per heavy atom. The second-order valence-corrected chi connectivity index (χ2v) is 34.2. The van der Waals surface area contributed by atoms with Crippen LogP contribution in [-0.2, 0) is 0 Å². The molecule has 0 bridgehead atoms. The van der Waals surface area contributed by atoms with E-state index in [9.17, 15) is 0 Å². The van der Waals surface area contributed by atoms with E-state index in [4.69, 9.17) is 8.83 Å². The van der Waals surface area contributed by atoms with Crippen molar-refractivity contribution >= 4 is 218 Å². The van der Waals surface area contributed by atoms with Gasteiger partial charge in [0.15, 0.2) is 5.58 Å². The average molecular weight is 1650 g/mol. The summed E-state index contributed by atoms with van der Waals surface area (Å²) in [5, 5.41) is 19.9. The monoisotopic (exact) mass is 1640 g/mol. The summed E-state index contributed by atoms with van der Waals surface area (Å²) in [6.45, 7) is 0. The molecule has 0 saturated heterocycles. The molecule has 126 heavy (non-hydrogen) atoms. The van der Waals surface area contributed by atoms with Crippen molar-refractivity contribution in [3.8, 4) is 33.4 Å². The van der Waals surface area contributed by atoms with Crippen LogP contribution < -0.4 is 19.6 Å². The average Bonchev–Trinajstić information content (AvgIpc) is 1.54. The number of rotatable bonds is 15. The Hall–Kier alpha value is -16.1. The molecule has 4 heterocycles. The van der Waals surface area contributed by atoms with Crippen LogP contribution in [0.15, 0.2) is 470 Å². The number of benzene rings is 21. The molecule has 0 atom stereocenters. The predicted molar refractivity (Wildman–Crippen MR) is 538 cm³/mol. The third-order valence-corrected chi connectivity index (χ3v) is 27.2. The lowest BCUT2D eigenvalue weighted by atomic mass is 9.94. The summed E-state index contributed by atoms with van der Waals surface area (Å²) in [6.07, 6.45) is 0. The van der Waals surface area contributed by atoms with Crippen LogP contribution in [0.5, 0.6) is 0 Å². The second kappa shape index (κ2) is 31.1. The first-order valence-corrected chi connectivity index (χ1v) is 44.4. The largest absolute Gasteiger partial charge is 0.456 e. The first-order chi connectivity index (χ1) is 62.5. The van der Waals surface area contributed by atoms with E-state index in [2.05, 4.69) is 456 Å². The van der Waals surface area contributed by atoms with E-state index < -0.39 is 0 Å². The molecular formula is C118H76N4O2S2. The minimum absolute atomic E-state index is 0.876. The molecule has 0 saturated carbocycles. The van der Waals surface area contributed by atoms with Crippen LogP contribution in [0.1, 0.15) is 0 Å². The van der Waals surface area contributed by atoms with Crippen LogP contribution in [0.3, 0.4) is 0 Å². The van der Waals surface area contributed by atoms with Crippen LogP contribution in [0, 0.1) is 0 Å². The van der Waals surface area contributed by atoms with Crippen molar-refractivity contribution in [2.75, 3.05) is 19.6 Å². The molecule has 4 aromatic heterocycles. The van der Waals surface area contributed by atoms with Gasteiger partial charge in [0.25, 0.3) is 0 Å². The van der Waals surface area contributed by atoms with Crippen LogP contribution in [0.2, 0.25) is 0 Å². The number of furan rings is 2. The Morgan fingerprint density at radius 1 is 0.167 bits per heavy atom. The maximum Gasteiger partial charge on any atom is 0.159 e. The third-order valence-electron chi connectivity index (χ3n) is 24.8.